The first-order valence-corrected chi connectivity index (χ1v) is 9.91. The van der Waals surface area contributed by atoms with Gasteiger partial charge in [-0.25, -0.2) is 4.98 Å². The molecule has 3 rings (SSSR count). The number of halogens is 1. The van der Waals surface area contributed by atoms with Gasteiger partial charge in [-0.2, -0.15) is 8.42 Å². The first-order valence-electron chi connectivity index (χ1n) is 8.09. The predicted molar refractivity (Wildman–Crippen MR) is 96.9 cm³/mol. The number of aryl methyl sites for hydroxylation is 1. The van der Waals surface area contributed by atoms with E-state index >= 15 is 0 Å². The average molecular weight is 399 g/mol. The Hall–Kier alpha value is -2.26. The number of nitrogens with one attached hydrogen (secondary N) is 1. The Morgan fingerprint density at radius 2 is 2.15 bits per heavy atom. The van der Waals surface area contributed by atoms with Crippen molar-refractivity contribution in [2.24, 2.45) is 7.05 Å². The lowest BCUT2D eigenvalue weighted by atomic mass is 10.2. The number of ether oxygens (including phenoxy) is 1. The maximum atomic E-state index is 13.1. The molecular weight excluding hydrogens is 380 g/mol. The maximum Gasteiger partial charge on any atom is 0.285 e. The lowest BCUT2D eigenvalue weighted by molar-refractivity contribution is -0.127. The van der Waals surface area contributed by atoms with Crippen molar-refractivity contribution in [2.45, 2.75) is 24.5 Å². The van der Waals surface area contributed by atoms with Gasteiger partial charge in [-0.05, 0) is 18.6 Å². The van der Waals surface area contributed by atoms with Crippen LogP contribution in [0.5, 0.6) is 5.75 Å². The Morgan fingerprint density at radius 3 is 2.81 bits per heavy atom. The van der Waals surface area contributed by atoms with Crippen molar-refractivity contribution in [3.63, 3.8) is 0 Å². The van der Waals surface area contributed by atoms with Gasteiger partial charge >= 0.3 is 0 Å². The summed E-state index contributed by atoms with van der Waals surface area (Å²) in [5.41, 5.74) is 0.341. The number of carbonyl (C=O) groups excluding carboxylic acids is 1. The molecular formula is C16H19ClN4O4S. The molecule has 0 fully saturated rings. The molecule has 0 bridgehead atoms. The largest absolute Gasteiger partial charge is 0.476 e. The smallest absolute Gasteiger partial charge is 0.285 e. The minimum Gasteiger partial charge on any atom is -0.476 e. The summed E-state index contributed by atoms with van der Waals surface area (Å²) in [4.78, 5) is 16.3. The number of hydrogen-bond donors (Lipinski definition) is 1. The zero-order chi connectivity index (χ0) is 18.9. The first-order chi connectivity index (χ1) is 12.4. The van der Waals surface area contributed by atoms with Crippen LogP contribution in [0.4, 0.5) is 5.69 Å². The number of benzene rings is 1. The normalized spacial score (nSPS) is 16.7. The van der Waals surface area contributed by atoms with Crippen LogP contribution in [0.15, 0.2) is 35.6 Å². The molecule has 0 saturated carbocycles. The summed E-state index contributed by atoms with van der Waals surface area (Å²) in [6.07, 6.45) is 1.13. The molecule has 1 aliphatic heterocycles. The van der Waals surface area contributed by atoms with E-state index in [1.165, 1.54) is 10.9 Å². The molecule has 1 aromatic carbocycles. The van der Waals surface area contributed by atoms with Crippen LogP contribution >= 0.6 is 11.6 Å². The standard InChI is InChI=1S/C16H19ClN4O4S/c1-3-8-18-15(22)13-9-21(11-6-4-5-7-12(11)25-13)26(23,24)16-14(17)20(2)10-19-16/h4-7,10,13H,3,8-9H2,1-2H3,(H,18,22)/t13-/m1/s1. The van der Waals surface area contributed by atoms with E-state index in [9.17, 15) is 13.2 Å². The number of nitrogens with zero attached hydrogens (tertiary/aromatic N) is 3. The second-order valence-corrected chi connectivity index (χ2v) is 7.99. The molecule has 10 heteroatoms. The minimum atomic E-state index is -4.06. The highest BCUT2D eigenvalue weighted by Crippen LogP contribution is 2.37. The first kappa shape index (κ1) is 18.5. The number of para-hydroxylation sites is 2. The SMILES string of the molecule is CCCNC(=O)[C@H]1CN(S(=O)(=O)c2ncn(C)c2Cl)c2ccccc2O1. The number of carbonyl (C=O) groups is 1. The van der Waals surface area contributed by atoms with Crippen molar-refractivity contribution in [3.8, 4) is 5.75 Å². The van der Waals surface area contributed by atoms with Crippen molar-refractivity contribution in [3.05, 3.63) is 35.7 Å². The zero-order valence-corrected chi connectivity index (χ0v) is 15.9. The Balaban J connectivity index is 2.02. The number of rotatable bonds is 5. The third-order valence-corrected chi connectivity index (χ3v) is 6.22. The van der Waals surface area contributed by atoms with Crippen LogP contribution in [0.3, 0.4) is 0 Å². The number of hydrogen-bond acceptors (Lipinski definition) is 5. The Labute approximate surface area is 156 Å². The fourth-order valence-corrected chi connectivity index (χ4v) is 4.47. The zero-order valence-electron chi connectivity index (χ0n) is 14.3. The monoisotopic (exact) mass is 398 g/mol. The van der Waals surface area contributed by atoms with E-state index in [1.54, 1.807) is 31.3 Å². The Morgan fingerprint density at radius 1 is 1.42 bits per heavy atom. The van der Waals surface area contributed by atoms with E-state index in [0.29, 0.717) is 18.0 Å². The quantitative estimate of drug-likeness (QED) is 0.824. The van der Waals surface area contributed by atoms with Crippen molar-refractivity contribution in [1.82, 2.24) is 14.9 Å². The third-order valence-electron chi connectivity index (χ3n) is 3.95. The van der Waals surface area contributed by atoms with Crippen molar-refractivity contribution >= 4 is 33.2 Å². The number of sulfonamides is 1. The number of anilines is 1. The maximum absolute atomic E-state index is 13.1. The van der Waals surface area contributed by atoms with Gasteiger partial charge in [-0.1, -0.05) is 30.7 Å². The molecule has 2 aromatic rings. The number of fused-ring (bicyclic) bond motifs is 1. The number of aromatic nitrogens is 2. The molecule has 1 N–H and O–H groups in total. The van der Waals surface area contributed by atoms with Gasteiger partial charge in [0.2, 0.25) is 5.03 Å². The molecule has 0 radical (unpaired) electrons. The van der Waals surface area contributed by atoms with Crippen molar-refractivity contribution in [2.75, 3.05) is 17.4 Å². The molecule has 1 aliphatic rings. The van der Waals surface area contributed by atoms with Gasteiger partial charge in [-0.3, -0.25) is 9.10 Å². The number of imidazole rings is 1. The van der Waals surface area contributed by atoms with E-state index < -0.39 is 16.1 Å². The van der Waals surface area contributed by atoms with E-state index in [2.05, 4.69) is 10.3 Å². The molecule has 140 valence electrons. The van der Waals surface area contributed by atoms with E-state index in [4.69, 9.17) is 16.3 Å². The molecule has 0 saturated heterocycles. The second-order valence-electron chi connectivity index (χ2n) is 5.85. The summed E-state index contributed by atoms with van der Waals surface area (Å²) in [6, 6.07) is 6.65. The lowest BCUT2D eigenvalue weighted by Crippen LogP contribution is -2.50. The molecule has 1 aromatic heterocycles. The highest BCUT2D eigenvalue weighted by atomic mass is 35.5. The van der Waals surface area contributed by atoms with Gasteiger partial charge in [0.25, 0.3) is 15.9 Å². The third kappa shape index (κ3) is 3.24. The molecule has 1 atom stereocenters. The van der Waals surface area contributed by atoms with Crippen LogP contribution in [0.2, 0.25) is 5.15 Å². The van der Waals surface area contributed by atoms with Crippen LogP contribution in [-0.2, 0) is 21.9 Å². The highest BCUT2D eigenvalue weighted by molar-refractivity contribution is 7.92. The molecule has 8 nitrogen and oxygen atoms in total. The van der Waals surface area contributed by atoms with Crippen molar-refractivity contribution < 1.29 is 17.9 Å². The molecule has 26 heavy (non-hydrogen) atoms. The summed E-state index contributed by atoms with van der Waals surface area (Å²) in [6.45, 7) is 2.25. The van der Waals surface area contributed by atoms with Crippen LogP contribution in [0, 0.1) is 0 Å². The fraction of sp³-hybridized carbons (Fsp3) is 0.375. The molecule has 0 unspecified atom stereocenters. The molecule has 0 aliphatic carbocycles. The highest BCUT2D eigenvalue weighted by Gasteiger charge is 2.39. The van der Waals surface area contributed by atoms with E-state index in [-0.39, 0.29) is 22.6 Å². The summed E-state index contributed by atoms with van der Waals surface area (Å²) >= 11 is 6.09. The summed E-state index contributed by atoms with van der Waals surface area (Å²) < 4.78 is 34.5. The average Bonchev–Trinajstić information content (AvgIpc) is 2.98. The Bertz CT molecular complexity index is 928. The summed E-state index contributed by atoms with van der Waals surface area (Å²) in [7, 11) is -2.46. The summed E-state index contributed by atoms with van der Waals surface area (Å²) in [5.74, 6) is -0.0558. The minimum absolute atomic E-state index is 0.000887. The molecule has 2 heterocycles. The van der Waals surface area contributed by atoms with Crippen molar-refractivity contribution in [1.29, 1.82) is 0 Å². The van der Waals surface area contributed by atoms with Gasteiger partial charge in [-0.15, -0.1) is 0 Å². The van der Waals surface area contributed by atoms with Crippen LogP contribution in [0.25, 0.3) is 0 Å². The lowest BCUT2D eigenvalue weighted by Gasteiger charge is -2.34. The van der Waals surface area contributed by atoms with Gasteiger partial charge in [0.15, 0.2) is 6.10 Å². The van der Waals surface area contributed by atoms with Gasteiger partial charge in [0.1, 0.15) is 10.9 Å². The van der Waals surface area contributed by atoms with Gasteiger partial charge in [0.05, 0.1) is 18.6 Å². The van der Waals surface area contributed by atoms with E-state index in [0.717, 1.165) is 10.7 Å². The second kappa shape index (κ2) is 7.16. The van der Waals surface area contributed by atoms with E-state index in [1.807, 2.05) is 6.92 Å². The predicted octanol–water partition coefficient (Wildman–Crippen LogP) is 1.56. The van der Waals surface area contributed by atoms with Crippen LogP contribution in [0.1, 0.15) is 13.3 Å². The topological polar surface area (TPSA) is 93.5 Å². The van der Waals surface area contributed by atoms with Gasteiger partial charge in [0, 0.05) is 13.6 Å². The van der Waals surface area contributed by atoms with Crippen LogP contribution in [-0.4, -0.2) is 43.1 Å². The Kier molecular flexibility index (Phi) is 5.10. The molecule has 1 amide bonds. The van der Waals surface area contributed by atoms with Crippen LogP contribution < -0.4 is 14.4 Å². The molecule has 0 spiro atoms. The number of amides is 1. The fourth-order valence-electron chi connectivity index (χ4n) is 2.60. The van der Waals surface area contributed by atoms with Gasteiger partial charge < -0.3 is 14.6 Å². The summed E-state index contributed by atoms with van der Waals surface area (Å²) in [5, 5.41) is 2.47.